The molecule has 23 heavy (non-hydrogen) atoms. The monoisotopic (exact) mass is 314 g/mol. The summed E-state index contributed by atoms with van der Waals surface area (Å²) in [5.41, 5.74) is 0.338. The Morgan fingerprint density at radius 1 is 1.39 bits per heavy atom. The lowest BCUT2D eigenvalue weighted by atomic mass is 10.1. The van der Waals surface area contributed by atoms with Gasteiger partial charge in [-0.1, -0.05) is 0 Å². The molecule has 0 spiro atoms. The number of hydrogen-bond donors (Lipinski definition) is 0. The van der Waals surface area contributed by atoms with Crippen molar-refractivity contribution >= 4 is 16.8 Å². The number of carbonyl (C=O) groups excluding carboxylic acids is 1. The van der Waals surface area contributed by atoms with E-state index in [4.69, 9.17) is 4.74 Å². The zero-order valence-electron chi connectivity index (χ0n) is 12.7. The molecule has 2 fully saturated rings. The van der Waals surface area contributed by atoms with Gasteiger partial charge in [0.05, 0.1) is 42.7 Å². The Hall–Kier alpha value is -2.28. The smallest absolute Gasteiger partial charge is 0.261 e. The first kappa shape index (κ1) is 14.3. The molecule has 120 valence electrons. The predicted molar refractivity (Wildman–Crippen MR) is 82.8 cm³/mol. The third kappa shape index (κ3) is 2.72. The van der Waals surface area contributed by atoms with Crippen LogP contribution in [0.1, 0.15) is 12.8 Å². The Kier molecular flexibility index (Phi) is 3.57. The highest BCUT2D eigenvalue weighted by atomic mass is 16.5. The second-order valence-corrected chi connectivity index (χ2v) is 6.14. The number of ether oxygens (including phenoxy) is 1. The molecular weight excluding hydrogens is 296 g/mol. The summed E-state index contributed by atoms with van der Waals surface area (Å²) in [4.78, 5) is 35.2. The minimum absolute atomic E-state index is 0.0211. The molecule has 0 bridgehead atoms. The van der Waals surface area contributed by atoms with E-state index in [-0.39, 0.29) is 24.1 Å². The van der Waals surface area contributed by atoms with Crippen LogP contribution in [0.3, 0.4) is 0 Å². The van der Waals surface area contributed by atoms with E-state index in [1.54, 1.807) is 18.5 Å². The number of fused-ring (bicyclic) bond motifs is 1. The van der Waals surface area contributed by atoms with Crippen LogP contribution in [0.25, 0.3) is 10.9 Å². The maximum absolute atomic E-state index is 12.7. The molecule has 1 unspecified atom stereocenters. The van der Waals surface area contributed by atoms with Gasteiger partial charge in [-0.25, -0.2) is 4.98 Å². The molecule has 1 saturated heterocycles. The van der Waals surface area contributed by atoms with Crippen LogP contribution in [-0.2, 0) is 16.1 Å². The quantitative estimate of drug-likeness (QED) is 0.821. The van der Waals surface area contributed by atoms with Gasteiger partial charge in [-0.2, -0.15) is 0 Å². The van der Waals surface area contributed by atoms with Crippen molar-refractivity contribution in [2.45, 2.75) is 25.4 Å². The summed E-state index contributed by atoms with van der Waals surface area (Å²) in [5.74, 6) is 0.513. The number of nitrogens with zero attached hydrogens (tertiary/aromatic N) is 4. The Morgan fingerprint density at radius 2 is 2.26 bits per heavy atom. The minimum atomic E-state index is -0.206. The van der Waals surface area contributed by atoms with Gasteiger partial charge in [0.1, 0.15) is 6.54 Å². The van der Waals surface area contributed by atoms with Crippen LogP contribution in [0.2, 0.25) is 0 Å². The topological polar surface area (TPSA) is 77.3 Å². The number of carbonyl (C=O) groups is 1. The highest BCUT2D eigenvalue weighted by Crippen LogP contribution is 2.36. The SMILES string of the molecule is O=C(Cn1cnc2cnccc2c1=O)N1CCOCC1C1CC1. The van der Waals surface area contributed by atoms with Crippen molar-refractivity contribution < 1.29 is 9.53 Å². The van der Waals surface area contributed by atoms with Crippen LogP contribution in [0.4, 0.5) is 0 Å². The predicted octanol–water partition coefficient (Wildman–Crippen LogP) is 0.429. The van der Waals surface area contributed by atoms with Gasteiger partial charge in [-0.3, -0.25) is 19.1 Å². The summed E-state index contributed by atoms with van der Waals surface area (Å²) >= 11 is 0. The minimum Gasteiger partial charge on any atom is -0.377 e. The fourth-order valence-electron chi connectivity index (χ4n) is 3.16. The summed E-state index contributed by atoms with van der Waals surface area (Å²) in [6.07, 6.45) is 6.85. The maximum atomic E-state index is 12.7. The van der Waals surface area contributed by atoms with Crippen molar-refractivity contribution in [2.24, 2.45) is 5.92 Å². The van der Waals surface area contributed by atoms with E-state index < -0.39 is 0 Å². The zero-order valence-corrected chi connectivity index (χ0v) is 12.7. The first-order chi connectivity index (χ1) is 11.2. The number of aromatic nitrogens is 3. The molecule has 7 nitrogen and oxygen atoms in total. The van der Waals surface area contributed by atoms with E-state index in [1.807, 2.05) is 4.90 Å². The van der Waals surface area contributed by atoms with Crippen molar-refractivity contribution in [2.75, 3.05) is 19.8 Å². The molecular formula is C16H18N4O3. The number of amides is 1. The van der Waals surface area contributed by atoms with Gasteiger partial charge < -0.3 is 9.64 Å². The van der Waals surface area contributed by atoms with E-state index in [0.717, 1.165) is 12.8 Å². The van der Waals surface area contributed by atoms with Gasteiger partial charge >= 0.3 is 0 Å². The largest absolute Gasteiger partial charge is 0.377 e. The second kappa shape index (κ2) is 5.73. The summed E-state index contributed by atoms with van der Waals surface area (Å²) in [6.45, 7) is 1.78. The van der Waals surface area contributed by atoms with Crippen LogP contribution in [0.5, 0.6) is 0 Å². The molecule has 3 heterocycles. The lowest BCUT2D eigenvalue weighted by Crippen LogP contribution is -2.51. The first-order valence-electron chi connectivity index (χ1n) is 7.90. The number of morpholine rings is 1. The number of hydrogen-bond acceptors (Lipinski definition) is 5. The Morgan fingerprint density at radius 3 is 3.09 bits per heavy atom. The molecule has 1 saturated carbocycles. The van der Waals surface area contributed by atoms with E-state index >= 15 is 0 Å². The standard InChI is InChI=1S/C16H18N4O3/c21-15(20-5-6-23-9-14(20)11-1-2-11)8-19-10-18-13-7-17-4-3-12(13)16(19)22/h3-4,7,10-11,14H,1-2,5-6,8-9H2. The second-order valence-electron chi connectivity index (χ2n) is 6.14. The van der Waals surface area contributed by atoms with Crippen molar-refractivity contribution in [1.82, 2.24) is 19.4 Å². The fraction of sp³-hybridized carbons (Fsp3) is 0.500. The van der Waals surface area contributed by atoms with Crippen molar-refractivity contribution in [3.63, 3.8) is 0 Å². The van der Waals surface area contributed by atoms with Crippen LogP contribution in [-0.4, -0.2) is 51.1 Å². The molecule has 0 radical (unpaired) electrons. The third-order valence-electron chi connectivity index (χ3n) is 4.59. The average molecular weight is 314 g/mol. The van der Waals surface area contributed by atoms with Gasteiger partial charge in [0, 0.05) is 12.7 Å². The van der Waals surface area contributed by atoms with Crippen LogP contribution in [0, 0.1) is 5.92 Å². The number of rotatable bonds is 3. The molecule has 1 aliphatic heterocycles. The fourth-order valence-corrected chi connectivity index (χ4v) is 3.16. The highest BCUT2D eigenvalue weighted by Gasteiger charge is 2.39. The number of pyridine rings is 1. The van der Waals surface area contributed by atoms with Crippen molar-refractivity contribution in [3.8, 4) is 0 Å². The van der Waals surface area contributed by atoms with Crippen LogP contribution in [0.15, 0.2) is 29.6 Å². The molecule has 1 aliphatic carbocycles. The first-order valence-corrected chi connectivity index (χ1v) is 7.90. The van der Waals surface area contributed by atoms with Crippen LogP contribution < -0.4 is 5.56 Å². The third-order valence-corrected chi connectivity index (χ3v) is 4.59. The van der Waals surface area contributed by atoms with Gasteiger partial charge in [0.2, 0.25) is 5.91 Å². The van der Waals surface area contributed by atoms with Crippen molar-refractivity contribution in [3.05, 3.63) is 35.1 Å². The highest BCUT2D eigenvalue weighted by molar-refractivity contribution is 5.78. The van der Waals surface area contributed by atoms with E-state index in [0.29, 0.717) is 36.6 Å². The summed E-state index contributed by atoms with van der Waals surface area (Å²) in [5, 5.41) is 0.482. The Bertz CT molecular complexity index is 799. The molecule has 1 atom stereocenters. The molecule has 1 amide bonds. The molecule has 0 N–H and O–H groups in total. The van der Waals surface area contributed by atoms with E-state index in [1.165, 1.54) is 10.9 Å². The normalized spacial score (nSPS) is 21.6. The summed E-state index contributed by atoms with van der Waals surface area (Å²) < 4.78 is 6.89. The Labute approximate surface area is 132 Å². The lowest BCUT2D eigenvalue weighted by molar-refractivity contribution is -0.141. The zero-order chi connectivity index (χ0) is 15.8. The van der Waals surface area contributed by atoms with E-state index in [2.05, 4.69) is 9.97 Å². The molecule has 2 aliphatic rings. The average Bonchev–Trinajstić information content (AvgIpc) is 3.42. The Balaban J connectivity index is 1.58. The van der Waals surface area contributed by atoms with E-state index in [9.17, 15) is 9.59 Å². The van der Waals surface area contributed by atoms with Crippen molar-refractivity contribution in [1.29, 1.82) is 0 Å². The molecule has 2 aromatic heterocycles. The van der Waals surface area contributed by atoms with Crippen LogP contribution >= 0.6 is 0 Å². The summed E-state index contributed by atoms with van der Waals surface area (Å²) in [7, 11) is 0. The molecule has 0 aromatic carbocycles. The van der Waals surface area contributed by atoms with Gasteiger partial charge in [0.25, 0.3) is 5.56 Å². The summed E-state index contributed by atoms with van der Waals surface area (Å²) in [6, 6.07) is 1.79. The lowest BCUT2D eigenvalue weighted by Gasteiger charge is -2.36. The van der Waals surface area contributed by atoms with Gasteiger partial charge in [-0.05, 0) is 24.8 Å². The molecule has 7 heteroatoms. The maximum Gasteiger partial charge on any atom is 0.261 e. The van der Waals surface area contributed by atoms with Gasteiger partial charge in [-0.15, -0.1) is 0 Å². The molecule has 4 rings (SSSR count). The van der Waals surface area contributed by atoms with Gasteiger partial charge in [0.15, 0.2) is 0 Å². The molecule has 2 aromatic rings.